The number of nitrogens with zero attached hydrogens (tertiary/aromatic N) is 1. The first-order chi connectivity index (χ1) is 12.6. The molecule has 134 valence electrons. The third kappa shape index (κ3) is 3.65. The predicted molar refractivity (Wildman–Crippen MR) is 100 cm³/mol. The van der Waals surface area contributed by atoms with E-state index in [-0.39, 0.29) is 12.5 Å². The summed E-state index contributed by atoms with van der Waals surface area (Å²) in [5.41, 5.74) is 1.05. The first kappa shape index (κ1) is 17.8. The van der Waals surface area contributed by atoms with E-state index in [9.17, 15) is 4.79 Å². The monoisotopic (exact) mass is 372 g/mol. The Morgan fingerprint density at radius 2 is 1.77 bits per heavy atom. The van der Waals surface area contributed by atoms with Gasteiger partial charge in [0.05, 0.1) is 19.2 Å². The van der Waals surface area contributed by atoms with Gasteiger partial charge in [0.2, 0.25) is 0 Å². The number of halogens is 1. The number of pyridine rings is 1. The minimum atomic E-state index is -0.355. The van der Waals surface area contributed by atoms with Crippen LogP contribution in [0.25, 0.3) is 10.9 Å². The van der Waals surface area contributed by atoms with Gasteiger partial charge in [-0.2, -0.15) is 0 Å². The highest BCUT2D eigenvalue weighted by Gasteiger charge is 2.14. The number of hydrogen-bond donors (Lipinski definition) is 1. The van der Waals surface area contributed by atoms with Crippen molar-refractivity contribution in [3.8, 4) is 17.2 Å². The summed E-state index contributed by atoms with van der Waals surface area (Å²) in [5, 5.41) is 4.09. The topological polar surface area (TPSA) is 69.7 Å². The average molecular weight is 373 g/mol. The highest BCUT2D eigenvalue weighted by atomic mass is 35.5. The van der Waals surface area contributed by atoms with Crippen LogP contribution in [0, 0.1) is 0 Å². The molecule has 0 radical (unpaired) electrons. The second-order valence-electron chi connectivity index (χ2n) is 5.32. The molecule has 0 saturated heterocycles. The second-order valence-corrected chi connectivity index (χ2v) is 5.73. The molecule has 1 aromatic heterocycles. The van der Waals surface area contributed by atoms with Gasteiger partial charge in [-0.25, -0.2) is 0 Å². The highest BCUT2D eigenvalue weighted by molar-refractivity contribution is 6.35. The largest absolute Gasteiger partial charge is 0.494 e. The van der Waals surface area contributed by atoms with Crippen LogP contribution >= 0.6 is 11.6 Å². The number of fused-ring (bicyclic) bond motifs is 1. The van der Waals surface area contributed by atoms with Gasteiger partial charge in [0.25, 0.3) is 5.91 Å². The lowest BCUT2D eigenvalue weighted by molar-refractivity contribution is -0.118. The molecule has 7 heteroatoms. The van der Waals surface area contributed by atoms with Crippen molar-refractivity contribution in [2.24, 2.45) is 0 Å². The standard InChI is InChI=1S/C19H17ClN2O4/c1-24-14-6-3-7-15(25-2)19(14)22-17(23)11-26-16-9-8-13(20)12-5-4-10-21-18(12)16/h3-10H,11H2,1-2H3,(H,22,23). The van der Waals surface area contributed by atoms with Crippen molar-refractivity contribution in [2.45, 2.75) is 0 Å². The van der Waals surface area contributed by atoms with Crippen LogP contribution in [0.4, 0.5) is 5.69 Å². The van der Waals surface area contributed by atoms with Crippen LogP contribution in [0.15, 0.2) is 48.7 Å². The molecule has 0 spiro atoms. The van der Waals surface area contributed by atoms with Gasteiger partial charge in [0.15, 0.2) is 6.61 Å². The number of carbonyl (C=O) groups is 1. The number of para-hydroxylation sites is 1. The van der Waals surface area contributed by atoms with Crippen LogP contribution < -0.4 is 19.5 Å². The number of ether oxygens (including phenoxy) is 3. The smallest absolute Gasteiger partial charge is 0.262 e. The van der Waals surface area contributed by atoms with Crippen molar-refractivity contribution >= 4 is 34.1 Å². The van der Waals surface area contributed by atoms with Gasteiger partial charge in [-0.3, -0.25) is 9.78 Å². The van der Waals surface area contributed by atoms with Gasteiger partial charge >= 0.3 is 0 Å². The van der Waals surface area contributed by atoms with E-state index in [1.807, 2.05) is 6.07 Å². The molecule has 0 aliphatic rings. The van der Waals surface area contributed by atoms with Gasteiger partial charge in [-0.1, -0.05) is 17.7 Å². The molecule has 0 atom stereocenters. The Labute approximate surface area is 155 Å². The molecule has 0 saturated carbocycles. The van der Waals surface area contributed by atoms with Crippen molar-refractivity contribution in [3.05, 3.63) is 53.7 Å². The highest BCUT2D eigenvalue weighted by Crippen LogP contribution is 2.34. The molecule has 26 heavy (non-hydrogen) atoms. The Hall–Kier alpha value is -2.99. The van der Waals surface area contributed by atoms with Crippen molar-refractivity contribution in [1.29, 1.82) is 0 Å². The molecule has 0 aliphatic carbocycles. The average Bonchev–Trinajstić information content (AvgIpc) is 2.68. The van der Waals surface area contributed by atoms with Crippen molar-refractivity contribution in [3.63, 3.8) is 0 Å². The predicted octanol–water partition coefficient (Wildman–Crippen LogP) is 3.92. The molecule has 6 nitrogen and oxygen atoms in total. The fourth-order valence-electron chi connectivity index (χ4n) is 2.52. The number of rotatable bonds is 6. The second kappa shape index (κ2) is 7.93. The number of methoxy groups -OCH3 is 2. The third-order valence-corrected chi connectivity index (χ3v) is 4.06. The third-order valence-electron chi connectivity index (χ3n) is 3.73. The summed E-state index contributed by atoms with van der Waals surface area (Å²) in [6.07, 6.45) is 1.64. The molecule has 1 heterocycles. The van der Waals surface area contributed by atoms with Crippen molar-refractivity contribution < 1.29 is 19.0 Å². The number of aromatic nitrogens is 1. The van der Waals surface area contributed by atoms with Gasteiger partial charge in [-0.15, -0.1) is 0 Å². The quantitative estimate of drug-likeness (QED) is 0.710. The normalized spacial score (nSPS) is 10.4. The van der Waals surface area contributed by atoms with E-state index in [0.29, 0.717) is 33.5 Å². The van der Waals surface area contributed by atoms with Crippen LogP contribution in [0.2, 0.25) is 5.02 Å². The van der Waals surface area contributed by atoms with Gasteiger partial charge < -0.3 is 19.5 Å². The van der Waals surface area contributed by atoms with Crippen molar-refractivity contribution in [2.75, 3.05) is 26.1 Å². The van der Waals surface area contributed by atoms with Gasteiger partial charge in [-0.05, 0) is 36.4 Å². The Kier molecular flexibility index (Phi) is 5.43. The summed E-state index contributed by atoms with van der Waals surface area (Å²) in [7, 11) is 3.04. The fourth-order valence-corrected chi connectivity index (χ4v) is 2.74. The van der Waals surface area contributed by atoms with E-state index in [2.05, 4.69) is 10.3 Å². The zero-order valence-electron chi connectivity index (χ0n) is 14.3. The molecular weight excluding hydrogens is 356 g/mol. The Morgan fingerprint density at radius 3 is 2.46 bits per heavy atom. The summed E-state index contributed by atoms with van der Waals surface area (Å²) >= 11 is 6.16. The number of amides is 1. The van der Waals surface area contributed by atoms with E-state index in [1.54, 1.807) is 42.6 Å². The number of anilines is 1. The zero-order chi connectivity index (χ0) is 18.5. The molecule has 3 rings (SSSR count). The summed E-state index contributed by atoms with van der Waals surface area (Å²) in [6.45, 7) is -0.200. The van der Waals surface area contributed by atoms with Crippen molar-refractivity contribution in [1.82, 2.24) is 4.98 Å². The van der Waals surface area contributed by atoms with Crippen LogP contribution in [0.5, 0.6) is 17.2 Å². The number of hydrogen-bond acceptors (Lipinski definition) is 5. The summed E-state index contributed by atoms with van der Waals surface area (Å²) in [4.78, 5) is 16.6. The van der Waals surface area contributed by atoms with Crippen LogP contribution in [0.3, 0.4) is 0 Å². The Morgan fingerprint density at radius 1 is 1.04 bits per heavy atom. The number of nitrogens with one attached hydrogen (secondary N) is 1. The lowest BCUT2D eigenvalue weighted by Crippen LogP contribution is -2.21. The van der Waals surface area contributed by atoms with Gasteiger partial charge in [0, 0.05) is 11.6 Å². The molecule has 0 bridgehead atoms. The molecular formula is C19H17ClN2O4. The molecule has 2 aromatic carbocycles. The minimum Gasteiger partial charge on any atom is -0.494 e. The summed E-state index contributed by atoms with van der Waals surface area (Å²) < 4.78 is 16.2. The first-order valence-electron chi connectivity index (χ1n) is 7.81. The lowest BCUT2D eigenvalue weighted by atomic mass is 10.2. The molecule has 3 aromatic rings. The lowest BCUT2D eigenvalue weighted by Gasteiger charge is -2.14. The van der Waals surface area contributed by atoms with Crippen LogP contribution in [-0.4, -0.2) is 31.7 Å². The van der Waals surface area contributed by atoms with E-state index in [4.69, 9.17) is 25.8 Å². The van der Waals surface area contributed by atoms with E-state index in [0.717, 1.165) is 5.39 Å². The molecule has 0 aliphatic heterocycles. The van der Waals surface area contributed by atoms with Crippen LogP contribution in [-0.2, 0) is 4.79 Å². The van der Waals surface area contributed by atoms with E-state index >= 15 is 0 Å². The maximum Gasteiger partial charge on any atom is 0.262 e. The van der Waals surface area contributed by atoms with Crippen LogP contribution in [0.1, 0.15) is 0 Å². The SMILES string of the molecule is COc1cccc(OC)c1NC(=O)COc1ccc(Cl)c2cccnc12. The fraction of sp³-hybridized carbons (Fsp3) is 0.158. The maximum atomic E-state index is 12.3. The maximum absolute atomic E-state index is 12.3. The molecule has 0 fully saturated rings. The van der Waals surface area contributed by atoms with E-state index in [1.165, 1.54) is 14.2 Å². The molecule has 0 unspecified atom stereocenters. The summed E-state index contributed by atoms with van der Waals surface area (Å²) in [5.74, 6) is 1.12. The molecule has 1 amide bonds. The number of carbonyl (C=O) groups excluding carboxylic acids is 1. The van der Waals surface area contributed by atoms with E-state index < -0.39 is 0 Å². The minimum absolute atomic E-state index is 0.200. The zero-order valence-corrected chi connectivity index (χ0v) is 15.0. The van der Waals surface area contributed by atoms with Gasteiger partial charge in [0.1, 0.15) is 28.5 Å². The Bertz CT molecular complexity index is 924. The first-order valence-corrected chi connectivity index (χ1v) is 8.18. The molecule has 1 N–H and O–H groups in total. The number of benzene rings is 2. The summed E-state index contributed by atoms with van der Waals surface area (Å²) in [6, 6.07) is 12.3. The Balaban J connectivity index is 1.76.